The van der Waals surface area contributed by atoms with Gasteiger partial charge in [-0.05, 0) is 44.3 Å². The number of hydrogen-bond acceptors (Lipinski definition) is 2. The predicted octanol–water partition coefficient (Wildman–Crippen LogP) is 5.31. The molecule has 1 unspecified atom stereocenters. The second-order valence-corrected chi connectivity index (χ2v) is 5.67. The van der Waals surface area contributed by atoms with Gasteiger partial charge in [0.2, 0.25) is 0 Å². The van der Waals surface area contributed by atoms with Crippen LogP contribution >= 0.6 is 27.5 Å². The lowest BCUT2D eigenvalue weighted by atomic mass is 10.1. The molecule has 0 fully saturated rings. The fourth-order valence-corrected chi connectivity index (χ4v) is 2.33. The van der Waals surface area contributed by atoms with E-state index in [2.05, 4.69) is 21.2 Å². The minimum absolute atomic E-state index is 0.0443. The van der Waals surface area contributed by atoms with Crippen molar-refractivity contribution < 1.29 is 9.13 Å². The Labute approximate surface area is 131 Å². The molecule has 2 nitrogen and oxygen atoms in total. The van der Waals surface area contributed by atoms with Gasteiger partial charge in [0.1, 0.15) is 5.75 Å². The van der Waals surface area contributed by atoms with Crippen molar-refractivity contribution in [1.29, 1.82) is 0 Å². The summed E-state index contributed by atoms with van der Waals surface area (Å²) in [6, 6.07) is 10.4. The number of halogens is 3. The van der Waals surface area contributed by atoms with Crippen LogP contribution in [0.2, 0.25) is 5.02 Å². The molecule has 20 heavy (non-hydrogen) atoms. The quantitative estimate of drug-likeness (QED) is 0.799. The van der Waals surface area contributed by atoms with Crippen LogP contribution in [0.3, 0.4) is 0 Å². The Morgan fingerprint density at radius 3 is 2.70 bits per heavy atom. The molecule has 0 radical (unpaired) electrons. The molecule has 2 aromatic carbocycles. The molecule has 0 bridgehead atoms. The van der Waals surface area contributed by atoms with Gasteiger partial charge in [-0.3, -0.25) is 0 Å². The monoisotopic (exact) mass is 357 g/mol. The average molecular weight is 359 g/mol. The molecule has 0 spiro atoms. The van der Waals surface area contributed by atoms with E-state index in [4.69, 9.17) is 16.3 Å². The van der Waals surface area contributed by atoms with Crippen molar-refractivity contribution in [3.8, 4) is 11.5 Å². The Morgan fingerprint density at radius 2 is 2.00 bits per heavy atom. The third-order valence-corrected chi connectivity index (χ3v) is 3.79. The molecular formula is C15H14BrClFNO. The highest BCUT2D eigenvalue weighted by Crippen LogP contribution is 2.34. The van der Waals surface area contributed by atoms with Crippen LogP contribution in [0, 0.1) is 5.82 Å². The minimum atomic E-state index is -0.555. The minimum Gasteiger partial charge on any atom is -0.454 e. The normalized spacial score (nSPS) is 12.2. The van der Waals surface area contributed by atoms with E-state index in [0.717, 1.165) is 10.0 Å². The fraction of sp³-hybridized carbons (Fsp3) is 0.200. The first kappa shape index (κ1) is 15.3. The molecule has 0 aromatic heterocycles. The van der Waals surface area contributed by atoms with E-state index >= 15 is 0 Å². The molecule has 106 valence electrons. The largest absolute Gasteiger partial charge is 0.454 e. The molecule has 2 aromatic rings. The maximum atomic E-state index is 13.9. The predicted molar refractivity (Wildman–Crippen MR) is 83.1 cm³/mol. The van der Waals surface area contributed by atoms with Crippen LogP contribution in [0.25, 0.3) is 0 Å². The third kappa shape index (κ3) is 3.32. The van der Waals surface area contributed by atoms with Crippen molar-refractivity contribution in [1.82, 2.24) is 5.32 Å². The molecule has 2 rings (SSSR count). The molecular weight excluding hydrogens is 345 g/mol. The molecule has 5 heteroatoms. The highest BCUT2D eigenvalue weighted by atomic mass is 79.9. The first-order valence-corrected chi connectivity index (χ1v) is 7.28. The van der Waals surface area contributed by atoms with E-state index in [1.54, 1.807) is 18.2 Å². The van der Waals surface area contributed by atoms with Crippen molar-refractivity contribution in [3.63, 3.8) is 0 Å². The van der Waals surface area contributed by atoms with Crippen molar-refractivity contribution in [3.05, 3.63) is 57.3 Å². The maximum Gasteiger partial charge on any atom is 0.184 e. The van der Waals surface area contributed by atoms with Gasteiger partial charge in [0.25, 0.3) is 0 Å². The molecule has 0 heterocycles. The zero-order valence-electron chi connectivity index (χ0n) is 11.1. The molecule has 0 aliphatic carbocycles. The van der Waals surface area contributed by atoms with E-state index in [0.29, 0.717) is 5.75 Å². The SMILES string of the molecule is CNC(C)c1cc(Br)ccc1Oc1cccc(Cl)c1F. The Balaban J connectivity index is 2.40. The van der Waals surface area contributed by atoms with Crippen LogP contribution in [-0.4, -0.2) is 7.05 Å². The number of benzene rings is 2. The number of rotatable bonds is 4. The first-order valence-electron chi connectivity index (χ1n) is 6.11. The first-order chi connectivity index (χ1) is 9.52. The van der Waals surface area contributed by atoms with Crippen molar-refractivity contribution in [2.45, 2.75) is 13.0 Å². The van der Waals surface area contributed by atoms with E-state index in [1.165, 1.54) is 6.07 Å². The van der Waals surface area contributed by atoms with Gasteiger partial charge < -0.3 is 10.1 Å². The van der Waals surface area contributed by atoms with Crippen molar-refractivity contribution in [2.75, 3.05) is 7.05 Å². The summed E-state index contributed by atoms with van der Waals surface area (Å²) in [4.78, 5) is 0. The van der Waals surface area contributed by atoms with Gasteiger partial charge in [-0.15, -0.1) is 0 Å². The van der Waals surface area contributed by atoms with Gasteiger partial charge in [-0.1, -0.05) is 33.6 Å². The van der Waals surface area contributed by atoms with Gasteiger partial charge in [-0.25, -0.2) is 4.39 Å². The summed E-state index contributed by atoms with van der Waals surface area (Å²) >= 11 is 9.19. The zero-order chi connectivity index (χ0) is 14.7. The van der Waals surface area contributed by atoms with Crippen molar-refractivity contribution >= 4 is 27.5 Å². The lowest BCUT2D eigenvalue weighted by molar-refractivity contribution is 0.432. The lowest BCUT2D eigenvalue weighted by Crippen LogP contribution is -2.13. The van der Waals surface area contributed by atoms with E-state index in [1.807, 2.05) is 26.1 Å². The summed E-state index contributed by atoms with van der Waals surface area (Å²) in [7, 11) is 1.86. The van der Waals surface area contributed by atoms with Gasteiger partial charge in [0, 0.05) is 16.1 Å². The van der Waals surface area contributed by atoms with Gasteiger partial charge in [0.15, 0.2) is 11.6 Å². The molecule has 0 aliphatic heterocycles. The standard InChI is InChI=1S/C15H14BrClFNO/c1-9(19-2)11-8-10(16)6-7-13(11)20-14-5-3-4-12(17)15(14)18/h3-9,19H,1-2H3. The highest BCUT2D eigenvalue weighted by molar-refractivity contribution is 9.10. The Morgan fingerprint density at radius 1 is 1.25 bits per heavy atom. The zero-order valence-corrected chi connectivity index (χ0v) is 13.4. The Kier molecular flexibility index (Phi) is 5.02. The summed E-state index contributed by atoms with van der Waals surface area (Å²) in [6.07, 6.45) is 0. The van der Waals surface area contributed by atoms with E-state index in [-0.39, 0.29) is 16.8 Å². The third-order valence-electron chi connectivity index (χ3n) is 3.01. The molecule has 0 aliphatic rings. The van der Waals surface area contributed by atoms with Crippen LogP contribution in [0.4, 0.5) is 4.39 Å². The summed E-state index contributed by atoms with van der Waals surface area (Å²) in [6.45, 7) is 2.00. The van der Waals surface area contributed by atoms with E-state index < -0.39 is 5.82 Å². The van der Waals surface area contributed by atoms with Crippen LogP contribution in [-0.2, 0) is 0 Å². The van der Waals surface area contributed by atoms with Gasteiger partial charge in [0.05, 0.1) is 5.02 Å². The Bertz CT molecular complexity index is 621. The van der Waals surface area contributed by atoms with Crippen LogP contribution < -0.4 is 10.1 Å². The summed E-state index contributed by atoms with van der Waals surface area (Å²) in [5.74, 6) is 0.153. The van der Waals surface area contributed by atoms with Crippen LogP contribution in [0.5, 0.6) is 11.5 Å². The summed E-state index contributed by atoms with van der Waals surface area (Å²) in [5, 5.41) is 3.18. The summed E-state index contributed by atoms with van der Waals surface area (Å²) in [5.41, 5.74) is 0.932. The molecule has 0 saturated heterocycles. The molecule has 0 amide bonds. The highest BCUT2D eigenvalue weighted by Gasteiger charge is 2.14. The lowest BCUT2D eigenvalue weighted by Gasteiger charge is -2.17. The number of nitrogens with one attached hydrogen (secondary N) is 1. The smallest absolute Gasteiger partial charge is 0.184 e. The number of hydrogen-bond donors (Lipinski definition) is 1. The maximum absolute atomic E-state index is 13.9. The molecule has 1 N–H and O–H groups in total. The fourth-order valence-electron chi connectivity index (χ4n) is 1.79. The topological polar surface area (TPSA) is 21.3 Å². The van der Waals surface area contributed by atoms with Crippen molar-refractivity contribution in [2.24, 2.45) is 0 Å². The average Bonchev–Trinajstić information content (AvgIpc) is 2.44. The van der Waals surface area contributed by atoms with Gasteiger partial charge in [-0.2, -0.15) is 0 Å². The molecule has 0 saturated carbocycles. The second-order valence-electron chi connectivity index (χ2n) is 4.35. The summed E-state index contributed by atoms with van der Waals surface area (Å²) < 4.78 is 20.5. The van der Waals surface area contributed by atoms with Crippen LogP contribution in [0.1, 0.15) is 18.5 Å². The van der Waals surface area contributed by atoms with Crippen LogP contribution in [0.15, 0.2) is 40.9 Å². The molecule has 1 atom stereocenters. The Hall–Kier alpha value is -1.10. The second kappa shape index (κ2) is 6.57. The van der Waals surface area contributed by atoms with Gasteiger partial charge >= 0.3 is 0 Å². The van der Waals surface area contributed by atoms with E-state index in [9.17, 15) is 4.39 Å². The number of ether oxygens (including phenoxy) is 1.